The topological polar surface area (TPSA) is 0 Å². The zero-order valence-corrected chi connectivity index (χ0v) is 4.93. The van der Waals surface area contributed by atoms with Crippen LogP contribution in [0.5, 0.6) is 0 Å². The SMILES string of the molecule is FCC(C(F)(F)F)C(F)(F)F. The van der Waals surface area contributed by atoms with Crippen LogP contribution in [-0.4, -0.2) is 19.0 Å². The van der Waals surface area contributed by atoms with Gasteiger partial charge in [-0.3, -0.25) is 4.39 Å². The lowest BCUT2D eigenvalue weighted by molar-refractivity contribution is -0.286. The molecule has 0 unspecified atom stereocenters. The summed E-state index contributed by atoms with van der Waals surface area (Å²) < 4.78 is 78.7. The Kier molecular flexibility index (Phi) is 2.74. The highest BCUT2D eigenvalue weighted by atomic mass is 19.4. The summed E-state index contributed by atoms with van der Waals surface area (Å²) in [7, 11) is 0. The molecule has 0 bridgehead atoms. The average molecular weight is 184 g/mol. The highest BCUT2D eigenvalue weighted by Crippen LogP contribution is 2.39. The maximum Gasteiger partial charge on any atom is 0.403 e. The smallest absolute Gasteiger partial charge is 0.250 e. The van der Waals surface area contributed by atoms with Gasteiger partial charge in [0.1, 0.15) is 6.67 Å². The fraction of sp³-hybridized carbons (Fsp3) is 1.00. The predicted octanol–water partition coefficient (Wildman–Crippen LogP) is 2.70. The lowest BCUT2D eigenvalue weighted by Crippen LogP contribution is -2.37. The largest absolute Gasteiger partial charge is 0.403 e. The Morgan fingerprint density at radius 3 is 1.09 bits per heavy atom. The second kappa shape index (κ2) is 2.86. The van der Waals surface area contributed by atoms with Crippen molar-refractivity contribution in [3.8, 4) is 0 Å². The van der Waals surface area contributed by atoms with Crippen molar-refractivity contribution in [3.05, 3.63) is 0 Å². The molecule has 0 saturated carbocycles. The zero-order chi connectivity index (χ0) is 9.28. The Hall–Kier alpha value is -0.490. The maximum atomic E-state index is 11.3. The molecule has 0 heterocycles. The third-order valence-electron chi connectivity index (χ3n) is 0.945. The van der Waals surface area contributed by atoms with Gasteiger partial charge in [-0.05, 0) is 0 Å². The standard InChI is InChI=1S/C4H3F7/c5-1-2(3(6,7)8)4(9,10)11/h2H,1H2. The van der Waals surface area contributed by atoms with Crippen molar-refractivity contribution in [1.29, 1.82) is 0 Å². The first kappa shape index (κ1) is 10.5. The summed E-state index contributed by atoms with van der Waals surface area (Å²) in [6.45, 7) is -2.47. The molecule has 0 spiro atoms. The quantitative estimate of drug-likeness (QED) is 0.549. The van der Waals surface area contributed by atoms with Crippen molar-refractivity contribution in [1.82, 2.24) is 0 Å². The van der Waals surface area contributed by atoms with Gasteiger partial charge >= 0.3 is 12.4 Å². The third-order valence-corrected chi connectivity index (χ3v) is 0.945. The first-order valence-electron chi connectivity index (χ1n) is 2.39. The summed E-state index contributed by atoms with van der Waals surface area (Å²) in [6.07, 6.45) is -11.1. The van der Waals surface area contributed by atoms with Gasteiger partial charge < -0.3 is 0 Å². The van der Waals surface area contributed by atoms with Gasteiger partial charge in [-0.1, -0.05) is 0 Å². The van der Waals surface area contributed by atoms with Crippen LogP contribution in [0.4, 0.5) is 30.7 Å². The Labute approximate surface area is 57.0 Å². The summed E-state index contributed by atoms with van der Waals surface area (Å²) in [6, 6.07) is 0. The minimum atomic E-state index is -5.55. The molecule has 0 aliphatic rings. The van der Waals surface area contributed by atoms with Crippen LogP contribution in [0.2, 0.25) is 0 Å². The molecule has 0 aliphatic heterocycles. The fourth-order valence-electron chi connectivity index (χ4n) is 0.361. The summed E-state index contributed by atoms with van der Waals surface area (Å²) in [5, 5.41) is 0. The monoisotopic (exact) mass is 184 g/mol. The summed E-state index contributed by atoms with van der Waals surface area (Å²) in [5.41, 5.74) is 0. The van der Waals surface area contributed by atoms with Crippen molar-refractivity contribution in [2.45, 2.75) is 12.4 Å². The van der Waals surface area contributed by atoms with Gasteiger partial charge in [0.15, 0.2) is 5.92 Å². The zero-order valence-electron chi connectivity index (χ0n) is 4.93. The van der Waals surface area contributed by atoms with Gasteiger partial charge in [0, 0.05) is 0 Å². The Bertz CT molecular complexity index is 105. The Morgan fingerprint density at radius 1 is 0.818 bits per heavy atom. The third kappa shape index (κ3) is 2.94. The van der Waals surface area contributed by atoms with E-state index in [1.165, 1.54) is 0 Å². The van der Waals surface area contributed by atoms with Gasteiger partial charge in [0.05, 0.1) is 0 Å². The average Bonchev–Trinajstić information content (AvgIpc) is 1.56. The summed E-state index contributed by atoms with van der Waals surface area (Å²) in [5.74, 6) is -3.85. The van der Waals surface area contributed by atoms with Crippen LogP contribution in [0.1, 0.15) is 0 Å². The van der Waals surface area contributed by atoms with E-state index in [4.69, 9.17) is 0 Å². The van der Waals surface area contributed by atoms with Crippen LogP contribution in [0, 0.1) is 5.92 Å². The Balaban J connectivity index is 4.43. The van der Waals surface area contributed by atoms with Crippen LogP contribution in [0.25, 0.3) is 0 Å². The molecular formula is C4H3F7. The number of hydrogen-bond donors (Lipinski definition) is 0. The maximum absolute atomic E-state index is 11.3. The molecule has 0 amide bonds. The van der Waals surface area contributed by atoms with E-state index in [1.54, 1.807) is 0 Å². The van der Waals surface area contributed by atoms with Crippen LogP contribution in [-0.2, 0) is 0 Å². The van der Waals surface area contributed by atoms with E-state index in [1.807, 2.05) is 0 Å². The molecule has 0 aromatic carbocycles. The van der Waals surface area contributed by atoms with Gasteiger partial charge in [0.2, 0.25) is 0 Å². The van der Waals surface area contributed by atoms with E-state index in [0.29, 0.717) is 0 Å². The molecule has 0 rings (SSSR count). The number of rotatable bonds is 1. The predicted molar refractivity (Wildman–Crippen MR) is 21.6 cm³/mol. The molecule has 0 N–H and O–H groups in total. The molecule has 0 nitrogen and oxygen atoms in total. The van der Waals surface area contributed by atoms with E-state index in [-0.39, 0.29) is 0 Å². The first-order chi connectivity index (χ1) is 4.69. The van der Waals surface area contributed by atoms with Crippen LogP contribution >= 0.6 is 0 Å². The summed E-state index contributed by atoms with van der Waals surface area (Å²) in [4.78, 5) is 0. The van der Waals surface area contributed by atoms with Crippen molar-refractivity contribution in [2.75, 3.05) is 6.67 Å². The Morgan fingerprint density at radius 2 is 1.09 bits per heavy atom. The minimum absolute atomic E-state index is 2.47. The highest BCUT2D eigenvalue weighted by Gasteiger charge is 2.56. The van der Waals surface area contributed by atoms with E-state index in [9.17, 15) is 30.7 Å². The number of halogens is 7. The van der Waals surface area contributed by atoms with Crippen LogP contribution < -0.4 is 0 Å². The van der Waals surface area contributed by atoms with Gasteiger partial charge in [-0.2, -0.15) is 26.3 Å². The van der Waals surface area contributed by atoms with Crippen molar-refractivity contribution in [2.24, 2.45) is 5.92 Å². The van der Waals surface area contributed by atoms with Gasteiger partial charge in [0.25, 0.3) is 0 Å². The summed E-state index contributed by atoms with van der Waals surface area (Å²) >= 11 is 0. The first-order valence-corrected chi connectivity index (χ1v) is 2.39. The molecule has 0 aromatic rings. The second-order valence-corrected chi connectivity index (χ2v) is 1.79. The molecule has 68 valence electrons. The lowest BCUT2D eigenvalue weighted by atomic mass is 10.1. The molecule has 0 fully saturated rings. The van der Waals surface area contributed by atoms with Crippen molar-refractivity contribution >= 4 is 0 Å². The van der Waals surface area contributed by atoms with Crippen LogP contribution in [0.3, 0.4) is 0 Å². The van der Waals surface area contributed by atoms with E-state index in [0.717, 1.165) is 0 Å². The number of alkyl halides is 7. The highest BCUT2D eigenvalue weighted by molar-refractivity contribution is 4.73. The van der Waals surface area contributed by atoms with Crippen molar-refractivity contribution in [3.63, 3.8) is 0 Å². The second-order valence-electron chi connectivity index (χ2n) is 1.79. The molecule has 0 aliphatic carbocycles. The van der Waals surface area contributed by atoms with E-state index >= 15 is 0 Å². The van der Waals surface area contributed by atoms with E-state index < -0.39 is 24.9 Å². The van der Waals surface area contributed by atoms with Crippen LogP contribution in [0.15, 0.2) is 0 Å². The fourth-order valence-corrected chi connectivity index (χ4v) is 0.361. The normalized spacial score (nSPS) is 14.2. The molecule has 0 aromatic heterocycles. The number of hydrogen-bond acceptors (Lipinski definition) is 0. The molecule has 11 heavy (non-hydrogen) atoms. The van der Waals surface area contributed by atoms with Gasteiger partial charge in [-0.15, -0.1) is 0 Å². The minimum Gasteiger partial charge on any atom is -0.250 e. The molecule has 7 heteroatoms. The molecule has 0 atom stereocenters. The molecule has 0 radical (unpaired) electrons. The van der Waals surface area contributed by atoms with E-state index in [2.05, 4.69) is 0 Å². The molecule has 0 saturated heterocycles. The lowest BCUT2D eigenvalue weighted by Gasteiger charge is -2.19. The van der Waals surface area contributed by atoms with Gasteiger partial charge in [-0.25, -0.2) is 0 Å². The van der Waals surface area contributed by atoms with Crippen molar-refractivity contribution < 1.29 is 30.7 Å². The molecular weight excluding hydrogens is 181 g/mol.